The normalized spacial score (nSPS) is 12.8. The van der Waals surface area contributed by atoms with E-state index < -0.39 is 17.4 Å². The minimum Gasteiger partial charge on any atom is -0.453 e. The Labute approximate surface area is 185 Å². The largest absolute Gasteiger partial charge is 0.453 e. The zero-order chi connectivity index (χ0) is 22.4. The third-order valence-electron chi connectivity index (χ3n) is 4.29. The van der Waals surface area contributed by atoms with Gasteiger partial charge in [-0.05, 0) is 30.5 Å². The Hall–Kier alpha value is -3.03. The first-order chi connectivity index (χ1) is 14.9. The maximum Gasteiger partial charge on any atom is 0.413 e. The van der Waals surface area contributed by atoms with Gasteiger partial charge in [0, 0.05) is 18.1 Å². The molecule has 1 aromatic carbocycles. The summed E-state index contributed by atoms with van der Waals surface area (Å²) >= 11 is -0.537. The van der Waals surface area contributed by atoms with Crippen molar-refractivity contribution in [3.8, 4) is 0 Å². The number of hydrogen-bond donors (Lipinski definition) is 4. The molecule has 2 aromatic heterocycles. The van der Waals surface area contributed by atoms with E-state index in [1.807, 2.05) is 24.4 Å². The molecular formula is C18H23N7O4S2. The van der Waals surface area contributed by atoms with Gasteiger partial charge in [0.1, 0.15) is 0 Å². The summed E-state index contributed by atoms with van der Waals surface area (Å²) in [5.74, 6) is 0.576. The monoisotopic (exact) mass is 465 g/mol. The summed E-state index contributed by atoms with van der Waals surface area (Å²) < 4.78 is 28.3. The third kappa shape index (κ3) is 6.23. The van der Waals surface area contributed by atoms with Crippen LogP contribution >= 0.6 is 11.3 Å². The predicted molar refractivity (Wildman–Crippen MR) is 119 cm³/mol. The second kappa shape index (κ2) is 10.3. The minimum atomic E-state index is -2.12. The van der Waals surface area contributed by atoms with Crippen LogP contribution in [0.2, 0.25) is 0 Å². The fourth-order valence-electron chi connectivity index (χ4n) is 2.78. The number of benzene rings is 1. The van der Waals surface area contributed by atoms with E-state index in [9.17, 15) is 9.00 Å². The van der Waals surface area contributed by atoms with E-state index in [1.165, 1.54) is 11.8 Å². The first-order valence-corrected chi connectivity index (χ1v) is 11.3. The van der Waals surface area contributed by atoms with Crippen LogP contribution in [0, 0.1) is 0 Å². The molecule has 11 nitrogen and oxygen atoms in total. The molecule has 0 fully saturated rings. The van der Waals surface area contributed by atoms with Gasteiger partial charge in [-0.2, -0.15) is 4.98 Å². The molecule has 0 aliphatic rings. The van der Waals surface area contributed by atoms with E-state index in [-0.39, 0.29) is 12.0 Å². The minimum absolute atomic E-state index is 0.226. The van der Waals surface area contributed by atoms with E-state index >= 15 is 0 Å². The Kier molecular flexibility index (Phi) is 7.55. The molecule has 13 heteroatoms. The highest BCUT2D eigenvalue weighted by atomic mass is 32.2. The molecule has 3 aromatic rings. The maximum absolute atomic E-state index is 11.5. The fraction of sp³-hybridized carbons (Fsp3) is 0.333. The van der Waals surface area contributed by atoms with Gasteiger partial charge in [-0.25, -0.2) is 18.7 Å². The highest BCUT2D eigenvalue weighted by Crippen LogP contribution is 2.25. The quantitative estimate of drug-likeness (QED) is 0.353. The average molecular weight is 466 g/mol. The van der Waals surface area contributed by atoms with Crippen molar-refractivity contribution in [3.05, 3.63) is 45.9 Å². The molecular weight excluding hydrogens is 442 g/mol. The molecule has 166 valence electrons. The van der Waals surface area contributed by atoms with E-state index in [1.54, 1.807) is 30.5 Å². The number of hydrogen-bond acceptors (Lipinski definition) is 8. The van der Waals surface area contributed by atoms with Crippen molar-refractivity contribution < 1.29 is 18.3 Å². The zero-order valence-corrected chi connectivity index (χ0v) is 18.8. The Bertz CT molecular complexity index is 1050. The van der Waals surface area contributed by atoms with Crippen molar-refractivity contribution >= 4 is 46.3 Å². The number of aryl methyl sites for hydroxylation is 2. The summed E-state index contributed by atoms with van der Waals surface area (Å²) in [6.07, 6.45) is 0.779. The van der Waals surface area contributed by atoms with Crippen LogP contribution in [0.15, 0.2) is 29.6 Å². The molecule has 3 rings (SSSR count). The van der Waals surface area contributed by atoms with E-state index in [4.69, 9.17) is 4.55 Å². The first-order valence-electron chi connectivity index (χ1n) is 9.31. The second-order valence-corrected chi connectivity index (χ2v) is 8.11. The van der Waals surface area contributed by atoms with Crippen molar-refractivity contribution in [1.29, 1.82) is 0 Å². The molecule has 2 heterocycles. The number of amides is 1. The Morgan fingerprint density at radius 2 is 2.06 bits per heavy atom. The van der Waals surface area contributed by atoms with Gasteiger partial charge >= 0.3 is 6.09 Å². The number of anilines is 3. The van der Waals surface area contributed by atoms with Crippen LogP contribution in [0.1, 0.15) is 29.2 Å². The highest BCUT2D eigenvalue weighted by molar-refractivity contribution is 7.80. The zero-order valence-electron chi connectivity index (χ0n) is 17.2. The van der Waals surface area contributed by atoms with E-state index in [0.717, 1.165) is 22.7 Å². The number of carbonyl (C=O) groups excluding carboxylic acids is 1. The molecule has 31 heavy (non-hydrogen) atoms. The molecule has 1 unspecified atom stereocenters. The predicted octanol–water partition coefficient (Wildman–Crippen LogP) is 2.96. The number of aromatic nitrogens is 4. The number of nitrogens with one attached hydrogen (secondary N) is 3. The first kappa shape index (κ1) is 22.7. The van der Waals surface area contributed by atoms with Gasteiger partial charge in [0.25, 0.3) is 11.3 Å². The lowest BCUT2D eigenvalue weighted by Crippen LogP contribution is -2.16. The maximum atomic E-state index is 11.5. The Morgan fingerprint density at radius 3 is 2.68 bits per heavy atom. The molecule has 2 atom stereocenters. The van der Waals surface area contributed by atoms with Gasteiger partial charge in [-0.15, -0.1) is 16.4 Å². The van der Waals surface area contributed by atoms with E-state index in [0.29, 0.717) is 18.1 Å². The molecule has 4 N–H and O–H groups in total. The second-order valence-electron chi connectivity index (χ2n) is 6.47. The Balaban J connectivity index is 1.81. The Morgan fingerprint density at radius 1 is 1.32 bits per heavy atom. The number of nitrogens with zero attached hydrogens (tertiary/aromatic N) is 4. The molecule has 0 saturated carbocycles. The van der Waals surface area contributed by atoms with Crippen LogP contribution in [0.3, 0.4) is 0 Å². The summed E-state index contributed by atoms with van der Waals surface area (Å²) in [7, 11) is 2.93. The van der Waals surface area contributed by atoms with Crippen LogP contribution < -0.4 is 15.4 Å². The summed E-state index contributed by atoms with van der Waals surface area (Å²) in [5.41, 5.74) is 2.39. The number of methoxy groups -OCH3 is 1. The number of thiazole rings is 1. The molecule has 0 bridgehead atoms. The number of rotatable bonds is 9. The lowest BCUT2D eigenvalue weighted by molar-refractivity contribution is 0.186. The average Bonchev–Trinajstić information content (AvgIpc) is 3.35. The fourth-order valence-corrected chi connectivity index (χ4v) is 3.91. The topological polar surface area (TPSA) is 143 Å². The summed E-state index contributed by atoms with van der Waals surface area (Å²) in [6.45, 7) is 2.05. The highest BCUT2D eigenvalue weighted by Gasteiger charge is 2.19. The molecule has 0 saturated heterocycles. The number of ether oxygens (including phenoxy) is 1. The van der Waals surface area contributed by atoms with Gasteiger partial charge in [-0.1, -0.05) is 19.1 Å². The summed E-state index contributed by atoms with van der Waals surface area (Å²) in [5, 5.41) is 13.1. The van der Waals surface area contributed by atoms with Crippen LogP contribution in [0.5, 0.6) is 0 Å². The molecule has 0 aliphatic heterocycles. The molecule has 0 aliphatic carbocycles. The molecule has 1 amide bonds. The van der Waals surface area contributed by atoms with Crippen molar-refractivity contribution in [2.75, 3.05) is 22.5 Å². The summed E-state index contributed by atoms with van der Waals surface area (Å²) in [6, 6.07) is 6.98. The van der Waals surface area contributed by atoms with Crippen LogP contribution in [-0.2, 0) is 35.9 Å². The van der Waals surface area contributed by atoms with Crippen LogP contribution in [0.4, 0.5) is 22.4 Å². The third-order valence-corrected chi connectivity index (χ3v) is 5.72. The lowest BCUT2D eigenvalue weighted by atomic mass is 10.0. The van der Waals surface area contributed by atoms with Crippen molar-refractivity contribution in [1.82, 2.24) is 19.7 Å². The van der Waals surface area contributed by atoms with E-state index in [2.05, 4.69) is 35.2 Å². The lowest BCUT2D eigenvalue weighted by Gasteiger charge is -2.16. The van der Waals surface area contributed by atoms with Gasteiger partial charge < -0.3 is 10.1 Å². The number of carbonyl (C=O) groups is 1. The SMILES string of the molecule is CCc1nc([C@H](Cc2ccc(NS(=O)O)cc2)Nc2nc(NC(=O)OC)n(C)n2)cs1. The summed E-state index contributed by atoms with van der Waals surface area (Å²) in [4.78, 5) is 20.5. The molecule has 0 radical (unpaired) electrons. The van der Waals surface area contributed by atoms with Crippen molar-refractivity contribution in [2.45, 2.75) is 25.8 Å². The van der Waals surface area contributed by atoms with Crippen LogP contribution in [0.25, 0.3) is 0 Å². The van der Waals surface area contributed by atoms with Gasteiger partial charge in [0.15, 0.2) is 0 Å². The smallest absolute Gasteiger partial charge is 0.413 e. The van der Waals surface area contributed by atoms with Gasteiger partial charge in [0.2, 0.25) is 11.9 Å². The van der Waals surface area contributed by atoms with Gasteiger partial charge in [-0.3, -0.25) is 14.6 Å². The van der Waals surface area contributed by atoms with Crippen LogP contribution in [-0.4, -0.2) is 41.7 Å². The molecule has 0 spiro atoms. The standard InChI is InChI=1S/C18H23N7O4S2/c1-4-15-19-14(10-30-15)13(9-11-5-7-12(8-6-11)24-31(27)28)20-16-21-17(25(2)23-16)22-18(26)29-3/h5-8,10,13,24H,4,9H2,1-3H3,(H,27,28)(H2,20,21,22,23,26)/t13-/m0/s1. The van der Waals surface area contributed by atoms with Crippen molar-refractivity contribution in [3.63, 3.8) is 0 Å². The van der Waals surface area contributed by atoms with Crippen molar-refractivity contribution in [2.24, 2.45) is 7.05 Å². The van der Waals surface area contributed by atoms with Gasteiger partial charge in [0.05, 0.1) is 23.9 Å².